The van der Waals surface area contributed by atoms with Crippen LogP contribution in [-0.4, -0.2) is 15.7 Å². The molecule has 3 aromatic rings. The monoisotopic (exact) mass is 353 g/mol. The number of carbonyl (C=O) groups excluding carboxylic acids is 1. The molecule has 4 rings (SSSR count). The second-order valence-corrected chi connectivity index (χ2v) is 6.66. The smallest absolute Gasteiger partial charge is 0.251 e. The maximum atomic E-state index is 14.5. The minimum absolute atomic E-state index is 0.187. The van der Waals surface area contributed by atoms with E-state index in [0.29, 0.717) is 17.7 Å². The van der Waals surface area contributed by atoms with Gasteiger partial charge in [0.1, 0.15) is 11.6 Å². The fraction of sp³-hybridized carbons (Fsp3) is 0.200. The molecule has 0 radical (unpaired) electrons. The van der Waals surface area contributed by atoms with Crippen LogP contribution in [0, 0.1) is 11.6 Å². The lowest BCUT2D eigenvalue weighted by Crippen LogP contribution is -2.12. The van der Waals surface area contributed by atoms with Crippen molar-refractivity contribution in [2.75, 3.05) is 0 Å². The molecule has 0 saturated carbocycles. The summed E-state index contributed by atoms with van der Waals surface area (Å²) in [6.07, 6.45) is 3.61. The lowest BCUT2D eigenvalue weighted by atomic mass is 9.91. The summed E-state index contributed by atoms with van der Waals surface area (Å²) >= 11 is 0. The summed E-state index contributed by atoms with van der Waals surface area (Å²) in [6, 6.07) is 7.21. The van der Waals surface area contributed by atoms with Gasteiger partial charge in [-0.3, -0.25) is 9.48 Å². The Morgan fingerprint density at radius 1 is 1.08 bits per heavy atom. The Balaban J connectivity index is 1.96. The lowest BCUT2D eigenvalue weighted by Gasteiger charge is -2.12. The summed E-state index contributed by atoms with van der Waals surface area (Å²) in [5.41, 5.74) is 3.75. The van der Waals surface area contributed by atoms with E-state index in [1.807, 2.05) is 30.8 Å². The van der Waals surface area contributed by atoms with Crippen molar-refractivity contribution in [3.8, 4) is 22.3 Å². The van der Waals surface area contributed by atoms with Crippen LogP contribution in [0.15, 0.2) is 42.7 Å². The Hall–Kier alpha value is -3.02. The molecule has 4 nitrogen and oxygen atoms in total. The molecule has 132 valence electrons. The minimum Gasteiger partial charge on any atom is -0.348 e. The fourth-order valence-electron chi connectivity index (χ4n) is 3.20. The van der Waals surface area contributed by atoms with Crippen molar-refractivity contribution >= 4 is 5.91 Å². The number of carbonyl (C=O) groups is 1. The van der Waals surface area contributed by atoms with Gasteiger partial charge in [-0.2, -0.15) is 5.10 Å². The first-order chi connectivity index (χ1) is 12.4. The molecule has 0 fully saturated rings. The summed E-state index contributed by atoms with van der Waals surface area (Å²) in [6.45, 7) is 4.47. The number of aromatic nitrogens is 2. The van der Waals surface area contributed by atoms with Gasteiger partial charge in [0.2, 0.25) is 0 Å². The van der Waals surface area contributed by atoms with Crippen LogP contribution in [0.3, 0.4) is 0 Å². The summed E-state index contributed by atoms with van der Waals surface area (Å²) in [4.78, 5) is 12.0. The molecule has 1 amide bonds. The Morgan fingerprint density at radius 2 is 1.88 bits per heavy atom. The number of hydrogen-bond donors (Lipinski definition) is 1. The van der Waals surface area contributed by atoms with Crippen molar-refractivity contribution in [1.29, 1.82) is 0 Å². The third-order valence-corrected chi connectivity index (χ3v) is 4.59. The van der Waals surface area contributed by atoms with Crippen LogP contribution in [0.5, 0.6) is 0 Å². The molecule has 0 aliphatic carbocycles. The normalized spacial score (nSPS) is 13.2. The summed E-state index contributed by atoms with van der Waals surface area (Å²) in [5, 5.41) is 7.13. The Bertz CT molecular complexity index is 1020. The Kier molecular flexibility index (Phi) is 3.83. The average Bonchev–Trinajstić information content (AvgIpc) is 3.22. The first-order valence-electron chi connectivity index (χ1n) is 8.39. The van der Waals surface area contributed by atoms with Crippen molar-refractivity contribution in [2.45, 2.75) is 26.4 Å². The molecule has 1 aliphatic heterocycles. The van der Waals surface area contributed by atoms with Crippen LogP contribution in [0.25, 0.3) is 22.3 Å². The van der Waals surface area contributed by atoms with Crippen LogP contribution in [0.1, 0.15) is 35.8 Å². The quantitative estimate of drug-likeness (QED) is 0.762. The van der Waals surface area contributed by atoms with E-state index in [1.165, 1.54) is 12.1 Å². The maximum absolute atomic E-state index is 14.5. The molecular formula is C20H17F2N3O. The zero-order valence-corrected chi connectivity index (χ0v) is 14.4. The average molecular weight is 353 g/mol. The van der Waals surface area contributed by atoms with Gasteiger partial charge in [0.25, 0.3) is 5.91 Å². The largest absolute Gasteiger partial charge is 0.348 e. The Morgan fingerprint density at radius 3 is 2.58 bits per heavy atom. The molecular weight excluding hydrogens is 336 g/mol. The predicted octanol–water partition coefficient (Wildman–Crippen LogP) is 4.32. The molecule has 26 heavy (non-hydrogen) atoms. The van der Waals surface area contributed by atoms with E-state index in [0.717, 1.165) is 22.8 Å². The summed E-state index contributed by atoms with van der Waals surface area (Å²) < 4.78 is 29.6. The van der Waals surface area contributed by atoms with Gasteiger partial charge in [0.05, 0.1) is 6.20 Å². The molecule has 2 aromatic carbocycles. The maximum Gasteiger partial charge on any atom is 0.251 e. The zero-order valence-electron chi connectivity index (χ0n) is 14.4. The second-order valence-electron chi connectivity index (χ2n) is 6.66. The van der Waals surface area contributed by atoms with Crippen LogP contribution < -0.4 is 5.32 Å². The van der Waals surface area contributed by atoms with Gasteiger partial charge in [0.15, 0.2) is 0 Å². The van der Waals surface area contributed by atoms with Gasteiger partial charge in [-0.1, -0.05) is 0 Å². The highest BCUT2D eigenvalue weighted by atomic mass is 19.1. The van der Waals surface area contributed by atoms with E-state index < -0.39 is 11.6 Å². The van der Waals surface area contributed by atoms with E-state index in [9.17, 15) is 13.6 Å². The van der Waals surface area contributed by atoms with Crippen LogP contribution in [-0.2, 0) is 6.54 Å². The number of hydrogen-bond acceptors (Lipinski definition) is 2. The summed E-state index contributed by atoms with van der Waals surface area (Å²) in [5.74, 6) is -1.49. The number of amides is 1. The molecule has 0 saturated heterocycles. The highest BCUT2D eigenvalue weighted by Crippen LogP contribution is 2.37. The summed E-state index contributed by atoms with van der Waals surface area (Å²) in [7, 11) is 0. The lowest BCUT2D eigenvalue weighted by molar-refractivity contribution is 0.0966. The third-order valence-electron chi connectivity index (χ3n) is 4.59. The van der Waals surface area contributed by atoms with Crippen molar-refractivity contribution in [1.82, 2.24) is 15.1 Å². The van der Waals surface area contributed by atoms with Crippen molar-refractivity contribution in [2.24, 2.45) is 0 Å². The molecule has 0 bridgehead atoms. The number of nitrogens with zero attached hydrogens (tertiary/aromatic N) is 2. The van der Waals surface area contributed by atoms with E-state index in [2.05, 4.69) is 10.4 Å². The van der Waals surface area contributed by atoms with E-state index in [1.54, 1.807) is 12.3 Å². The Labute approximate surface area is 149 Å². The number of fused-ring (bicyclic) bond motifs is 1. The molecule has 1 aliphatic rings. The third kappa shape index (κ3) is 2.67. The van der Waals surface area contributed by atoms with Crippen LogP contribution in [0.4, 0.5) is 8.78 Å². The molecule has 2 heterocycles. The molecule has 1 N–H and O–H groups in total. The molecule has 6 heteroatoms. The standard InChI is InChI=1S/C20H17F2N3O/c1-11(2)25-10-13(9-24-25)16-5-12-8-23-20(26)17(12)7-18(16)15-4-3-14(21)6-19(15)22/h3-7,9-11H,8H2,1-2H3,(H,23,26). The highest BCUT2D eigenvalue weighted by Gasteiger charge is 2.24. The van der Waals surface area contributed by atoms with Gasteiger partial charge in [-0.25, -0.2) is 8.78 Å². The van der Waals surface area contributed by atoms with E-state index in [4.69, 9.17) is 0 Å². The molecule has 1 aromatic heterocycles. The SMILES string of the molecule is CC(C)n1cc(-c2cc3c(cc2-c2ccc(F)cc2F)C(=O)NC3)cn1. The zero-order chi connectivity index (χ0) is 18.4. The van der Waals surface area contributed by atoms with Crippen molar-refractivity contribution in [3.05, 3.63) is 65.5 Å². The van der Waals surface area contributed by atoms with Gasteiger partial charge in [-0.05, 0) is 54.8 Å². The number of halogens is 2. The molecule has 0 unspecified atom stereocenters. The number of nitrogens with one attached hydrogen (secondary N) is 1. The number of rotatable bonds is 3. The van der Waals surface area contributed by atoms with Gasteiger partial charge < -0.3 is 5.32 Å². The van der Waals surface area contributed by atoms with Crippen LogP contribution in [0.2, 0.25) is 0 Å². The minimum atomic E-state index is -0.666. The van der Waals surface area contributed by atoms with Gasteiger partial charge in [-0.15, -0.1) is 0 Å². The highest BCUT2D eigenvalue weighted by molar-refractivity contribution is 6.01. The molecule has 0 spiro atoms. The first-order valence-corrected chi connectivity index (χ1v) is 8.39. The fourth-order valence-corrected chi connectivity index (χ4v) is 3.20. The second kappa shape index (κ2) is 6.05. The predicted molar refractivity (Wildman–Crippen MR) is 94.6 cm³/mol. The first kappa shape index (κ1) is 16.4. The molecule has 0 atom stereocenters. The van der Waals surface area contributed by atoms with Gasteiger partial charge in [0, 0.05) is 41.5 Å². The van der Waals surface area contributed by atoms with Crippen LogP contribution >= 0.6 is 0 Å². The van der Waals surface area contributed by atoms with Gasteiger partial charge >= 0.3 is 0 Å². The topological polar surface area (TPSA) is 46.9 Å². The van der Waals surface area contributed by atoms with E-state index >= 15 is 0 Å². The number of benzene rings is 2. The van der Waals surface area contributed by atoms with Crippen molar-refractivity contribution < 1.29 is 13.6 Å². The van der Waals surface area contributed by atoms with E-state index in [-0.39, 0.29) is 17.5 Å². The van der Waals surface area contributed by atoms with Crippen molar-refractivity contribution in [3.63, 3.8) is 0 Å².